The van der Waals surface area contributed by atoms with Crippen LogP contribution < -0.4 is 5.11 Å². The van der Waals surface area contributed by atoms with E-state index in [1.54, 1.807) is 18.3 Å². The quantitative estimate of drug-likeness (QED) is 0.195. The summed E-state index contributed by atoms with van der Waals surface area (Å²) in [5.74, 6) is 0.378. The van der Waals surface area contributed by atoms with Crippen LogP contribution in [0.4, 0.5) is 0 Å². The van der Waals surface area contributed by atoms with Gasteiger partial charge in [-0.2, -0.15) is 8.42 Å². The maximum absolute atomic E-state index is 13.5. The van der Waals surface area contributed by atoms with Crippen LogP contribution >= 0.6 is 0 Å². The second kappa shape index (κ2) is 18.1. The SMILES string of the molecule is CC(C)(C)c1cc(C=NC2CCCCC2N=Cc2cc(C(C)(C)C)cc(C(C)(C)C)c2O)c([O-])c(C(C)(C)C)c1.Cc1ccc(S(=O)(=O)O)cc1.O.[Co]. The van der Waals surface area contributed by atoms with Gasteiger partial charge in [0.15, 0.2) is 0 Å². The predicted molar refractivity (Wildman–Crippen MR) is 215 cm³/mol. The summed E-state index contributed by atoms with van der Waals surface area (Å²) < 4.78 is 29.6. The molecule has 0 amide bonds. The zero-order valence-electron chi connectivity index (χ0n) is 34.0. The van der Waals surface area contributed by atoms with Gasteiger partial charge in [-0.25, -0.2) is 0 Å². The Labute approximate surface area is 329 Å². The van der Waals surface area contributed by atoms with Gasteiger partial charge < -0.3 is 15.7 Å². The molecule has 3 aromatic carbocycles. The van der Waals surface area contributed by atoms with Crippen molar-refractivity contribution in [2.24, 2.45) is 9.98 Å². The fourth-order valence-corrected chi connectivity index (χ4v) is 6.48. The summed E-state index contributed by atoms with van der Waals surface area (Å²) >= 11 is 0. The maximum Gasteiger partial charge on any atom is 0.294 e. The first-order valence-corrected chi connectivity index (χ1v) is 19.5. The molecule has 4 N–H and O–H groups in total. The number of phenols is 1. The molecule has 4 rings (SSSR count). The number of aromatic hydroxyl groups is 1. The zero-order valence-corrected chi connectivity index (χ0v) is 35.9. The van der Waals surface area contributed by atoms with E-state index in [9.17, 15) is 18.6 Å². The van der Waals surface area contributed by atoms with Gasteiger partial charge in [-0.15, -0.1) is 0 Å². The summed E-state index contributed by atoms with van der Waals surface area (Å²) in [5.41, 5.74) is 5.96. The van der Waals surface area contributed by atoms with Gasteiger partial charge in [0.2, 0.25) is 0 Å². The fourth-order valence-electron chi connectivity index (χ4n) is 6.00. The molecule has 0 spiro atoms. The van der Waals surface area contributed by atoms with E-state index in [0.717, 1.165) is 53.5 Å². The average molecular weight is 795 g/mol. The number of benzene rings is 3. The van der Waals surface area contributed by atoms with Crippen LogP contribution in [0.1, 0.15) is 148 Å². The first-order chi connectivity index (χ1) is 23.2. The van der Waals surface area contributed by atoms with Crippen molar-refractivity contribution in [2.75, 3.05) is 0 Å². The number of rotatable bonds is 5. The van der Waals surface area contributed by atoms with Crippen molar-refractivity contribution < 1.29 is 45.4 Å². The molecule has 2 unspecified atom stereocenters. The maximum atomic E-state index is 13.5. The Morgan fingerprint density at radius 2 is 1.08 bits per heavy atom. The molecule has 1 aliphatic carbocycles. The van der Waals surface area contributed by atoms with Crippen molar-refractivity contribution in [1.29, 1.82) is 0 Å². The van der Waals surface area contributed by atoms with E-state index < -0.39 is 10.1 Å². The molecule has 1 radical (unpaired) electrons. The third-order valence-corrected chi connectivity index (χ3v) is 10.3. The normalized spacial score (nSPS) is 17.2. The van der Waals surface area contributed by atoms with Crippen LogP contribution in [0.5, 0.6) is 11.5 Å². The molecule has 0 saturated heterocycles. The first kappa shape index (κ1) is 48.0. The van der Waals surface area contributed by atoms with Crippen molar-refractivity contribution in [1.82, 2.24) is 0 Å². The van der Waals surface area contributed by atoms with Crippen LogP contribution in [0, 0.1) is 6.92 Å². The summed E-state index contributed by atoms with van der Waals surface area (Å²) in [6.07, 6.45) is 7.77. The molecule has 0 bridgehead atoms. The number of phenolic OH excluding ortho intramolecular Hbond substituents is 1. The van der Waals surface area contributed by atoms with Crippen LogP contribution in [-0.2, 0) is 48.6 Å². The smallest absolute Gasteiger partial charge is 0.294 e. The fraction of sp³-hybridized carbons (Fsp3) is 0.535. The predicted octanol–water partition coefficient (Wildman–Crippen LogP) is 8.92. The molecular weight excluding hydrogens is 731 g/mol. The number of nitrogens with zero attached hydrogens (tertiary/aromatic N) is 2. The molecular formula is C43H63CoN2O6S-. The van der Waals surface area contributed by atoms with Crippen molar-refractivity contribution in [3.05, 3.63) is 87.5 Å². The van der Waals surface area contributed by atoms with E-state index >= 15 is 0 Å². The minimum atomic E-state index is -4.02. The number of aryl methyl sites for hydroxylation is 1. The Balaban J connectivity index is 0.000000926. The van der Waals surface area contributed by atoms with Crippen LogP contribution in [0.3, 0.4) is 0 Å². The summed E-state index contributed by atoms with van der Waals surface area (Å²) in [4.78, 5) is 9.94. The van der Waals surface area contributed by atoms with E-state index in [4.69, 9.17) is 14.5 Å². The van der Waals surface area contributed by atoms with Crippen molar-refractivity contribution in [3.63, 3.8) is 0 Å². The van der Waals surface area contributed by atoms with E-state index in [-0.39, 0.29) is 66.6 Å². The largest absolute Gasteiger partial charge is 0.872 e. The van der Waals surface area contributed by atoms with Gasteiger partial charge >= 0.3 is 0 Å². The molecule has 1 aliphatic rings. The molecule has 0 aromatic heterocycles. The van der Waals surface area contributed by atoms with Gasteiger partial charge in [0.25, 0.3) is 10.1 Å². The molecule has 1 fully saturated rings. The third-order valence-electron chi connectivity index (χ3n) is 9.43. The zero-order chi connectivity index (χ0) is 38.7. The standard InChI is InChI=1S/C36H54N2O2.C7H8O3S.Co.H2O/c1-33(2,3)25-17-23(31(39)27(19-25)35(7,8)9)21-37-29-15-13-14-16-30(29)38-22-24-18-26(34(4,5)6)20-28(32(24)40)36(10,11)12;1-6-2-4-7(5-3-6)11(8,9)10;;/h17-22,29-30,39-40H,13-16H2,1-12H3;2-5H,1H3,(H,8,9,10);;1H2/p-1. The second-order valence-electron chi connectivity index (χ2n) is 18.2. The molecule has 3 aromatic rings. The molecule has 1 saturated carbocycles. The Morgan fingerprint density at radius 1 is 0.679 bits per heavy atom. The Hall–Kier alpha value is -3.02. The van der Waals surface area contributed by atoms with E-state index in [2.05, 4.69) is 101 Å². The van der Waals surface area contributed by atoms with Gasteiger partial charge in [-0.1, -0.05) is 138 Å². The average Bonchev–Trinajstić information content (AvgIpc) is 2.98. The van der Waals surface area contributed by atoms with Crippen LogP contribution in [0.15, 0.2) is 63.4 Å². The molecule has 2 atom stereocenters. The number of hydrogen-bond donors (Lipinski definition) is 2. The van der Waals surface area contributed by atoms with Crippen molar-refractivity contribution >= 4 is 22.5 Å². The third kappa shape index (κ3) is 13.4. The monoisotopic (exact) mass is 794 g/mol. The first-order valence-electron chi connectivity index (χ1n) is 18.0. The van der Waals surface area contributed by atoms with E-state index in [1.165, 1.54) is 17.7 Å². The summed E-state index contributed by atoms with van der Waals surface area (Å²) in [7, 11) is -4.02. The van der Waals surface area contributed by atoms with E-state index in [1.807, 2.05) is 19.2 Å². The van der Waals surface area contributed by atoms with Crippen molar-refractivity contribution in [2.45, 2.75) is 154 Å². The minimum Gasteiger partial charge on any atom is -0.872 e. The van der Waals surface area contributed by atoms with Gasteiger partial charge in [0, 0.05) is 40.3 Å². The summed E-state index contributed by atoms with van der Waals surface area (Å²) in [5, 5.41) is 24.7. The van der Waals surface area contributed by atoms with Crippen LogP contribution in [0.25, 0.3) is 0 Å². The molecule has 297 valence electrons. The number of hydrogen-bond acceptors (Lipinski definition) is 6. The minimum absolute atomic E-state index is 0. The Bertz CT molecular complexity index is 1740. The van der Waals surface area contributed by atoms with Gasteiger partial charge in [0.1, 0.15) is 5.75 Å². The molecule has 8 nitrogen and oxygen atoms in total. The molecule has 53 heavy (non-hydrogen) atoms. The Kier molecular flexibility index (Phi) is 16.4. The van der Waals surface area contributed by atoms with Crippen LogP contribution in [0.2, 0.25) is 0 Å². The van der Waals surface area contributed by atoms with E-state index in [0.29, 0.717) is 11.3 Å². The van der Waals surface area contributed by atoms with Gasteiger partial charge in [-0.05, 0) is 81.9 Å². The molecule has 10 heteroatoms. The van der Waals surface area contributed by atoms with Crippen molar-refractivity contribution in [3.8, 4) is 11.5 Å². The second-order valence-corrected chi connectivity index (χ2v) is 19.6. The number of aliphatic imine (C=N–C) groups is 2. The molecule has 0 aliphatic heterocycles. The molecule has 0 heterocycles. The van der Waals surface area contributed by atoms with Gasteiger partial charge in [-0.3, -0.25) is 14.5 Å². The Morgan fingerprint density at radius 3 is 1.47 bits per heavy atom. The topological polar surface area (TPSA) is 154 Å². The van der Waals surface area contributed by atoms with Crippen LogP contribution in [-0.4, -0.2) is 48.1 Å². The van der Waals surface area contributed by atoms with Gasteiger partial charge in [0.05, 0.1) is 17.0 Å². The summed E-state index contributed by atoms with van der Waals surface area (Å²) in [6.45, 7) is 27.7. The summed E-state index contributed by atoms with van der Waals surface area (Å²) in [6, 6.07) is 14.3.